The van der Waals surface area contributed by atoms with Crippen LogP contribution in [-0.4, -0.2) is 14.4 Å². The molecule has 0 saturated heterocycles. The van der Waals surface area contributed by atoms with Gasteiger partial charge >= 0.3 is 5.56 Å². The molecule has 20 heavy (non-hydrogen) atoms. The number of benzene rings is 1. The van der Waals surface area contributed by atoms with Crippen molar-refractivity contribution in [2.45, 2.75) is 18.8 Å². The van der Waals surface area contributed by atoms with Crippen molar-refractivity contribution in [3.8, 4) is 11.5 Å². The van der Waals surface area contributed by atoms with Crippen molar-refractivity contribution in [2.75, 3.05) is 0 Å². The number of hydrogen-bond acceptors (Lipinski definition) is 3. The molecule has 2 heterocycles. The first-order chi connectivity index (χ1) is 9.81. The van der Waals surface area contributed by atoms with Crippen molar-refractivity contribution in [1.29, 1.82) is 0 Å². The van der Waals surface area contributed by atoms with Gasteiger partial charge in [-0.2, -0.15) is 0 Å². The van der Waals surface area contributed by atoms with E-state index in [9.17, 15) is 4.79 Å². The van der Waals surface area contributed by atoms with E-state index in [4.69, 9.17) is 4.74 Å². The van der Waals surface area contributed by atoms with E-state index in [1.54, 1.807) is 12.4 Å². The van der Waals surface area contributed by atoms with Crippen LogP contribution in [0.4, 0.5) is 0 Å². The molecular weight excluding hydrogens is 254 g/mol. The van der Waals surface area contributed by atoms with Crippen LogP contribution < -0.4 is 10.3 Å². The molecule has 1 N–H and O–H groups in total. The normalized spacial score (nSPS) is 14.6. The van der Waals surface area contributed by atoms with E-state index >= 15 is 0 Å². The first-order valence-corrected chi connectivity index (χ1v) is 6.64. The Balaban J connectivity index is 1.71. The molecule has 1 aromatic carbocycles. The maximum Gasteiger partial charge on any atom is 0.302 e. The standard InChI is InChI=1S/C15H13N3O2/c19-14-13(9-17-15-16-6-7-18(14)15)20-12-3-1-2-11(8-12)10-4-5-10/h1-3,6-10H,4-5H2,(H,16,17). The Kier molecular flexibility index (Phi) is 2.39. The van der Waals surface area contributed by atoms with Gasteiger partial charge in [0.15, 0.2) is 0 Å². The second kappa shape index (κ2) is 4.23. The largest absolute Gasteiger partial charge is 0.450 e. The van der Waals surface area contributed by atoms with Gasteiger partial charge in [0.2, 0.25) is 11.5 Å². The average Bonchev–Trinajstić information content (AvgIpc) is 3.21. The lowest BCUT2D eigenvalue weighted by molar-refractivity contribution is 0.470. The summed E-state index contributed by atoms with van der Waals surface area (Å²) in [6.45, 7) is 0. The first kappa shape index (κ1) is 11.3. The lowest BCUT2D eigenvalue weighted by Gasteiger charge is -2.06. The van der Waals surface area contributed by atoms with Gasteiger partial charge in [0.1, 0.15) is 5.75 Å². The van der Waals surface area contributed by atoms with Crippen LogP contribution >= 0.6 is 0 Å². The van der Waals surface area contributed by atoms with Gasteiger partial charge in [0, 0.05) is 12.4 Å². The smallest absolute Gasteiger partial charge is 0.302 e. The summed E-state index contributed by atoms with van der Waals surface area (Å²) in [5.74, 6) is 2.08. The maximum absolute atomic E-state index is 12.2. The van der Waals surface area contributed by atoms with Crippen molar-refractivity contribution >= 4 is 5.78 Å². The van der Waals surface area contributed by atoms with Gasteiger partial charge in [-0.25, -0.2) is 9.38 Å². The third-order valence-electron chi connectivity index (χ3n) is 3.53. The minimum absolute atomic E-state index is 0.215. The van der Waals surface area contributed by atoms with Crippen LogP contribution in [0.25, 0.3) is 5.78 Å². The molecular formula is C15H13N3O2. The zero-order valence-electron chi connectivity index (χ0n) is 10.7. The number of aromatic nitrogens is 3. The predicted molar refractivity (Wildman–Crippen MR) is 74.3 cm³/mol. The highest BCUT2D eigenvalue weighted by atomic mass is 16.5. The number of ether oxygens (including phenoxy) is 1. The van der Waals surface area contributed by atoms with Gasteiger partial charge in [-0.15, -0.1) is 0 Å². The van der Waals surface area contributed by atoms with E-state index in [1.165, 1.54) is 29.0 Å². The second-order valence-corrected chi connectivity index (χ2v) is 5.03. The van der Waals surface area contributed by atoms with Crippen LogP contribution in [-0.2, 0) is 0 Å². The Labute approximate surface area is 114 Å². The number of nitrogens with zero attached hydrogens (tertiary/aromatic N) is 2. The molecule has 0 amide bonds. The molecule has 5 heteroatoms. The van der Waals surface area contributed by atoms with Gasteiger partial charge < -0.3 is 9.72 Å². The van der Waals surface area contributed by atoms with Crippen molar-refractivity contribution in [3.63, 3.8) is 0 Å². The Morgan fingerprint density at radius 2 is 2.25 bits per heavy atom. The van der Waals surface area contributed by atoms with Gasteiger partial charge in [-0.05, 0) is 36.5 Å². The fourth-order valence-electron chi connectivity index (χ4n) is 2.33. The molecule has 5 nitrogen and oxygen atoms in total. The maximum atomic E-state index is 12.2. The summed E-state index contributed by atoms with van der Waals surface area (Å²) in [5.41, 5.74) is 1.06. The Morgan fingerprint density at radius 3 is 3.10 bits per heavy atom. The third kappa shape index (κ3) is 1.87. The molecule has 2 aromatic heterocycles. The molecule has 1 saturated carbocycles. The molecule has 1 fully saturated rings. The fourth-order valence-corrected chi connectivity index (χ4v) is 2.33. The lowest BCUT2D eigenvalue weighted by atomic mass is 10.1. The highest BCUT2D eigenvalue weighted by molar-refractivity contribution is 5.37. The van der Waals surface area contributed by atoms with Crippen molar-refractivity contribution in [3.05, 3.63) is 58.8 Å². The SMILES string of the molecule is O=c1c(Oc2cccc(C3CC3)c2)cnc2[nH]ccn12. The van der Waals surface area contributed by atoms with E-state index in [0.29, 0.717) is 17.4 Å². The number of nitrogens with one attached hydrogen (secondary N) is 1. The van der Waals surface area contributed by atoms with Crippen LogP contribution in [0.1, 0.15) is 24.3 Å². The molecule has 4 rings (SSSR count). The molecule has 1 aliphatic carbocycles. The highest BCUT2D eigenvalue weighted by Crippen LogP contribution is 2.41. The molecule has 3 aromatic rings. The number of rotatable bonds is 3. The predicted octanol–water partition coefficient (Wildman–Crippen LogP) is 2.69. The van der Waals surface area contributed by atoms with Crippen LogP contribution in [0.3, 0.4) is 0 Å². The number of imidazole rings is 1. The fraction of sp³-hybridized carbons (Fsp3) is 0.200. The summed E-state index contributed by atoms with van der Waals surface area (Å²) in [6.07, 6.45) is 7.24. The third-order valence-corrected chi connectivity index (χ3v) is 3.53. The van der Waals surface area contributed by atoms with Crippen LogP contribution in [0.2, 0.25) is 0 Å². The molecule has 0 radical (unpaired) electrons. The summed E-state index contributed by atoms with van der Waals surface area (Å²) < 4.78 is 7.13. The summed E-state index contributed by atoms with van der Waals surface area (Å²) >= 11 is 0. The molecule has 0 aliphatic heterocycles. The topological polar surface area (TPSA) is 59.4 Å². The van der Waals surface area contributed by atoms with E-state index < -0.39 is 0 Å². The van der Waals surface area contributed by atoms with Gasteiger partial charge in [0.25, 0.3) is 0 Å². The minimum Gasteiger partial charge on any atom is -0.450 e. The van der Waals surface area contributed by atoms with Crippen molar-refractivity contribution in [2.24, 2.45) is 0 Å². The lowest BCUT2D eigenvalue weighted by Crippen LogP contribution is -2.14. The number of fused-ring (bicyclic) bond motifs is 1. The van der Waals surface area contributed by atoms with Crippen molar-refractivity contribution < 1.29 is 4.74 Å². The molecule has 0 atom stereocenters. The average molecular weight is 267 g/mol. The first-order valence-electron chi connectivity index (χ1n) is 6.64. The number of aromatic amines is 1. The molecule has 0 spiro atoms. The number of hydrogen-bond donors (Lipinski definition) is 1. The zero-order valence-corrected chi connectivity index (χ0v) is 10.7. The highest BCUT2D eigenvalue weighted by Gasteiger charge is 2.23. The van der Waals surface area contributed by atoms with Gasteiger partial charge in [-0.1, -0.05) is 12.1 Å². The van der Waals surface area contributed by atoms with Gasteiger partial charge in [0.05, 0.1) is 6.20 Å². The monoisotopic (exact) mass is 267 g/mol. The minimum atomic E-state index is -0.215. The van der Waals surface area contributed by atoms with E-state index in [1.807, 2.05) is 18.2 Å². The van der Waals surface area contributed by atoms with E-state index in [0.717, 1.165) is 0 Å². The Hall–Kier alpha value is -2.56. The summed E-state index contributed by atoms with van der Waals surface area (Å²) in [5, 5.41) is 0. The molecule has 0 bridgehead atoms. The van der Waals surface area contributed by atoms with Crippen LogP contribution in [0.15, 0.2) is 47.7 Å². The summed E-state index contributed by atoms with van der Waals surface area (Å²) in [7, 11) is 0. The van der Waals surface area contributed by atoms with Crippen molar-refractivity contribution in [1.82, 2.24) is 14.4 Å². The Morgan fingerprint density at radius 1 is 1.35 bits per heavy atom. The second-order valence-electron chi connectivity index (χ2n) is 5.03. The van der Waals surface area contributed by atoms with E-state index in [-0.39, 0.29) is 11.3 Å². The summed E-state index contributed by atoms with van der Waals surface area (Å²) in [4.78, 5) is 19.2. The summed E-state index contributed by atoms with van der Waals surface area (Å²) in [6, 6.07) is 7.92. The van der Waals surface area contributed by atoms with E-state index in [2.05, 4.69) is 16.0 Å². The zero-order chi connectivity index (χ0) is 13.5. The molecule has 1 aliphatic rings. The van der Waals surface area contributed by atoms with Gasteiger partial charge in [-0.3, -0.25) is 4.79 Å². The van der Waals surface area contributed by atoms with Crippen LogP contribution in [0.5, 0.6) is 11.5 Å². The molecule has 100 valence electrons. The molecule has 0 unspecified atom stereocenters. The Bertz CT molecular complexity index is 830. The number of H-pyrrole nitrogens is 1. The van der Waals surface area contributed by atoms with Crippen LogP contribution in [0, 0.1) is 0 Å². The quantitative estimate of drug-likeness (QED) is 0.793.